The predicted octanol–water partition coefficient (Wildman–Crippen LogP) is -2.71. The normalized spacial score (nSPS) is 15.2. The Morgan fingerprint density at radius 3 is 1.27 bits per heavy atom. The average Bonchev–Trinajstić information content (AvgIpc) is 2.64. The lowest BCUT2D eigenvalue weighted by atomic mass is 10.3. The molecule has 6 heteroatoms. The Morgan fingerprint density at radius 2 is 1.20 bits per heavy atom. The van der Waals surface area contributed by atoms with Gasteiger partial charge >= 0.3 is 0 Å². The van der Waals surface area contributed by atoms with Gasteiger partial charge in [0, 0.05) is 12.8 Å². The second-order valence-electron chi connectivity index (χ2n) is 4.04. The minimum Gasteiger partial charge on any atom is -0.233 e. The van der Waals surface area contributed by atoms with E-state index in [0.29, 0.717) is 12.1 Å². The Hall–Kier alpha value is -0.200. The second kappa shape index (κ2) is 5.77. The maximum absolute atomic E-state index is 8.49. The summed E-state index contributed by atoms with van der Waals surface area (Å²) in [5, 5.41) is 0. The summed E-state index contributed by atoms with van der Waals surface area (Å²) in [5.41, 5.74) is 1.66. The number of halogens is 1. The summed E-state index contributed by atoms with van der Waals surface area (Å²) < 4.78 is 36.5. The van der Waals surface area contributed by atoms with Crippen LogP contribution in [0, 0.1) is 10.2 Å². The molecule has 1 fully saturated rings. The summed E-state index contributed by atoms with van der Waals surface area (Å²) in [5.74, 6) is 0. The summed E-state index contributed by atoms with van der Waals surface area (Å²) in [6, 6.07) is 1.38. The highest BCUT2D eigenvalue weighted by atomic mass is 35.7. The first kappa shape index (κ1) is 14.8. The zero-order chi connectivity index (χ0) is 12.2. The van der Waals surface area contributed by atoms with Crippen molar-refractivity contribution < 1.29 is 33.5 Å². The van der Waals surface area contributed by atoms with Gasteiger partial charge < -0.3 is 0 Å². The summed E-state index contributed by atoms with van der Waals surface area (Å²) in [6.45, 7) is 9.08. The zero-order valence-corrected chi connectivity index (χ0v) is 10.3. The fourth-order valence-electron chi connectivity index (χ4n) is 1.64. The molecule has 0 aliphatic heterocycles. The number of rotatable bonds is 2. The quantitative estimate of drug-likeness (QED) is 0.490. The number of nitrogens with zero attached hydrogens (tertiary/aromatic N) is 1. The Balaban J connectivity index is 0.000000336. The van der Waals surface area contributed by atoms with Gasteiger partial charge in [0.05, 0.1) is 0 Å². The van der Waals surface area contributed by atoms with E-state index in [1.165, 1.54) is 12.8 Å². The molecule has 1 aliphatic rings. The van der Waals surface area contributed by atoms with Gasteiger partial charge in [0.2, 0.25) is 0 Å². The molecule has 1 aliphatic carbocycles. The molecule has 15 heavy (non-hydrogen) atoms. The molecule has 5 nitrogen and oxygen atoms in total. The largest absolute Gasteiger partial charge is 0.233 e. The van der Waals surface area contributed by atoms with Gasteiger partial charge in [0.15, 0.2) is 5.71 Å². The van der Waals surface area contributed by atoms with E-state index in [4.69, 9.17) is 18.6 Å². The standard InChI is InChI=1S/C9H18N.ClHO4/c1-7(2)10(8(3)4)9-5-6-9;2-1(3,4)5/h7-8H,5-6H2,1-4H3;(H,2,3,4,5)/q+1;/p-1. The minimum absolute atomic E-state index is 0.692. The molecule has 1 rings (SSSR count). The molecular weight excluding hydrogens is 222 g/mol. The first-order valence-corrected chi connectivity index (χ1v) is 6.11. The second-order valence-corrected chi connectivity index (χ2v) is 4.79. The Bertz CT molecular complexity index is 211. The molecule has 0 spiro atoms. The van der Waals surface area contributed by atoms with Gasteiger partial charge in [-0.2, -0.15) is 0 Å². The third kappa shape index (κ3) is 8.77. The summed E-state index contributed by atoms with van der Waals surface area (Å²) in [6.07, 6.45) is 2.69. The van der Waals surface area contributed by atoms with Gasteiger partial charge in [-0.1, -0.05) is 0 Å². The average molecular weight is 240 g/mol. The maximum Gasteiger partial charge on any atom is 0.153 e. The highest BCUT2D eigenvalue weighted by Gasteiger charge is 2.29. The van der Waals surface area contributed by atoms with Crippen molar-refractivity contribution in [2.75, 3.05) is 0 Å². The summed E-state index contributed by atoms with van der Waals surface area (Å²) in [4.78, 5) is 0. The lowest BCUT2D eigenvalue weighted by Gasteiger charge is -2.17. The van der Waals surface area contributed by atoms with Crippen LogP contribution in [0.25, 0.3) is 0 Å². The molecule has 0 bridgehead atoms. The van der Waals surface area contributed by atoms with E-state index in [1.54, 1.807) is 5.71 Å². The first-order valence-electron chi connectivity index (χ1n) is 4.87. The zero-order valence-electron chi connectivity index (χ0n) is 9.53. The van der Waals surface area contributed by atoms with Crippen molar-refractivity contribution in [1.82, 2.24) is 0 Å². The molecule has 90 valence electrons. The van der Waals surface area contributed by atoms with Crippen LogP contribution in [0.2, 0.25) is 0 Å². The predicted molar refractivity (Wildman–Crippen MR) is 44.8 cm³/mol. The molecule has 0 heterocycles. The van der Waals surface area contributed by atoms with Gasteiger partial charge in [0.25, 0.3) is 0 Å². The third-order valence-electron chi connectivity index (χ3n) is 1.95. The first-order chi connectivity index (χ1) is 6.63. The molecule has 0 saturated heterocycles. The van der Waals surface area contributed by atoms with E-state index in [9.17, 15) is 0 Å². The van der Waals surface area contributed by atoms with Gasteiger partial charge in [0.1, 0.15) is 12.1 Å². The van der Waals surface area contributed by atoms with Crippen molar-refractivity contribution in [2.45, 2.75) is 52.6 Å². The molecule has 0 unspecified atom stereocenters. The fourth-order valence-corrected chi connectivity index (χ4v) is 1.64. The number of hydrogen-bond acceptors (Lipinski definition) is 4. The van der Waals surface area contributed by atoms with Crippen LogP contribution in [-0.2, 0) is 0 Å². The molecule has 0 radical (unpaired) electrons. The molecule has 0 aromatic rings. The maximum atomic E-state index is 8.49. The van der Waals surface area contributed by atoms with Crippen molar-refractivity contribution >= 4 is 5.71 Å². The van der Waals surface area contributed by atoms with Crippen LogP contribution in [0.3, 0.4) is 0 Å². The molecule has 0 aromatic heterocycles. The van der Waals surface area contributed by atoms with Crippen molar-refractivity contribution in [2.24, 2.45) is 0 Å². The minimum atomic E-state index is -4.94. The van der Waals surface area contributed by atoms with Gasteiger partial charge in [-0.05, 0) is 27.7 Å². The van der Waals surface area contributed by atoms with E-state index >= 15 is 0 Å². The highest BCUT2D eigenvalue weighted by Crippen LogP contribution is 2.17. The van der Waals surface area contributed by atoms with E-state index in [2.05, 4.69) is 32.3 Å². The molecular formula is C9H18ClNO4. The smallest absolute Gasteiger partial charge is 0.153 e. The SMILES string of the molecule is CC(C)[N+](=C1CC1)C(C)C.[O-][Cl+3]([O-])([O-])[O-]. The Kier molecular flexibility index (Phi) is 5.69. The lowest BCUT2D eigenvalue weighted by molar-refractivity contribution is -2.00. The van der Waals surface area contributed by atoms with Crippen molar-refractivity contribution in [3.8, 4) is 0 Å². The van der Waals surface area contributed by atoms with Crippen molar-refractivity contribution in [1.29, 1.82) is 0 Å². The highest BCUT2D eigenvalue weighted by molar-refractivity contribution is 5.93. The van der Waals surface area contributed by atoms with Crippen LogP contribution in [0.5, 0.6) is 0 Å². The van der Waals surface area contributed by atoms with E-state index < -0.39 is 10.2 Å². The number of hydrogen-bond donors (Lipinski definition) is 0. The monoisotopic (exact) mass is 239 g/mol. The third-order valence-corrected chi connectivity index (χ3v) is 1.95. The molecule has 0 amide bonds. The van der Waals surface area contributed by atoms with E-state index in [0.717, 1.165) is 0 Å². The lowest BCUT2D eigenvalue weighted by Crippen LogP contribution is -2.68. The van der Waals surface area contributed by atoms with Gasteiger partial charge in [-0.25, -0.2) is 23.2 Å². The Labute approximate surface area is 92.4 Å². The van der Waals surface area contributed by atoms with Crippen LogP contribution in [0.15, 0.2) is 0 Å². The molecule has 0 atom stereocenters. The van der Waals surface area contributed by atoms with Crippen molar-refractivity contribution in [3.63, 3.8) is 0 Å². The van der Waals surface area contributed by atoms with Crippen LogP contribution >= 0.6 is 0 Å². The van der Waals surface area contributed by atoms with Gasteiger partial charge in [-0.15, -0.1) is 10.2 Å². The van der Waals surface area contributed by atoms with Crippen molar-refractivity contribution in [3.05, 3.63) is 0 Å². The van der Waals surface area contributed by atoms with E-state index in [1.807, 2.05) is 0 Å². The van der Waals surface area contributed by atoms with Crippen LogP contribution in [0.1, 0.15) is 40.5 Å². The summed E-state index contributed by atoms with van der Waals surface area (Å²) >= 11 is 0. The Morgan fingerprint density at radius 1 is 0.933 bits per heavy atom. The van der Waals surface area contributed by atoms with Gasteiger partial charge in [-0.3, -0.25) is 0 Å². The van der Waals surface area contributed by atoms with Crippen LogP contribution in [-0.4, -0.2) is 22.4 Å². The van der Waals surface area contributed by atoms with Crippen LogP contribution < -0.4 is 18.6 Å². The molecule has 0 N–H and O–H groups in total. The van der Waals surface area contributed by atoms with Crippen LogP contribution in [0.4, 0.5) is 0 Å². The topological polar surface area (TPSA) is 95.2 Å². The van der Waals surface area contributed by atoms with E-state index in [-0.39, 0.29) is 0 Å². The summed E-state index contributed by atoms with van der Waals surface area (Å²) in [7, 11) is -4.94. The fraction of sp³-hybridized carbons (Fsp3) is 0.889. The molecule has 0 aromatic carbocycles. The molecule has 1 saturated carbocycles.